The minimum absolute atomic E-state index is 0.102. The third kappa shape index (κ3) is 8.75. The number of rotatable bonds is 11. The van der Waals surface area contributed by atoms with Gasteiger partial charge in [0.25, 0.3) is 12.3 Å². The zero-order valence-corrected chi connectivity index (χ0v) is 29.2. The van der Waals surface area contributed by atoms with Crippen LogP contribution in [0.2, 0.25) is 0 Å². The van der Waals surface area contributed by atoms with Gasteiger partial charge < -0.3 is 20.0 Å². The molecule has 56 heavy (non-hydrogen) atoms. The van der Waals surface area contributed by atoms with Crippen LogP contribution in [0.5, 0.6) is 0 Å². The number of piperazine rings is 1. The lowest BCUT2D eigenvalue weighted by Gasteiger charge is -2.36. The summed E-state index contributed by atoms with van der Waals surface area (Å²) < 4.78 is 87.4. The van der Waals surface area contributed by atoms with Crippen LogP contribution in [0.3, 0.4) is 0 Å². The van der Waals surface area contributed by atoms with E-state index in [1.54, 1.807) is 24.3 Å². The third-order valence-electron chi connectivity index (χ3n) is 9.06. The molecular formula is C36H32F6N10O4. The number of oxazole rings is 1. The highest BCUT2D eigenvalue weighted by Gasteiger charge is 2.28. The maximum Gasteiger partial charge on any atom is 0.405 e. The Balaban J connectivity index is 0.951. The van der Waals surface area contributed by atoms with Gasteiger partial charge in [0.05, 0.1) is 17.6 Å². The Kier molecular flexibility index (Phi) is 10.6. The van der Waals surface area contributed by atoms with Crippen molar-refractivity contribution in [1.82, 2.24) is 30.0 Å². The van der Waals surface area contributed by atoms with Crippen LogP contribution in [-0.4, -0.2) is 87.9 Å². The van der Waals surface area contributed by atoms with Crippen LogP contribution in [0.15, 0.2) is 77.7 Å². The molecule has 14 nitrogen and oxygen atoms in total. The number of aromatic nitrogens is 4. The second kappa shape index (κ2) is 15.7. The molecular weight excluding hydrogens is 750 g/mol. The molecule has 0 spiro atoms. The van der Waals surface area contributed by atoms with Crippen LogP contribution in [0, 0.1) is 5.82 Å². The number of hydrogen-bond acceptors (Lipinski definition) is 10. The molecule has 292 valence electrons. The van der Waals surface area contributed by atoms with E-state index in [2.05, 4.69) is 40.8 Å². The van der Waals surface area contributed by atoms with E-state index >= 15 is 4.39 Å². The number of benzene rings is 2. The number of halogens is 6. The molecule has 4 amide bonds. The SMILES string of the molecule is O=C1CCN(c2ccc(CN3CCN(c4ccc(-n5cc(NC(=O)c6coc(-c7ccnc(NCC(F)(F)F)c7)n6)c(C(F)F)n5)cc4)CC3)c(F)c2)C(=O)N1. The molecule has 3 N–H and O–H groups in total. The second-order valence-electron chi connectivity index (χ2n) is 12.9. The average Bonchev–Trinajstić information content (AvgIpc) is 3.84. The summed E-state index contributed by atoms with van der Waals surface area (Å²) in [4.78, 5) is 50.0. The van der Waals surface area contributed by atoms with E-state index in [9.17, 15) is 36.3 Å². The van der Waals surface area contributed by atoms with Gasteiger partial charge in [0, 0.05) is 74.4 Å². The van der Waals surface area contributed by atoms with Gasteiger partial charge in [-0.05, 0) is 48.5 Å². The number of carbonyl (C=O) groups excluding carboxylic acids is 3. The van der Waals surface area contributed by atoms with Crippen LogP contribution in [0.25, 0.3) is 17.1 Å². The van der Waals surface area contributed by atoms with E-state index in [0.717, 1.165) is 12.0 Å². The molecule has 0 atom stereocenters. The quantitative estimate of drug-likeness (QED) is 0.136. The first-order valence-electron chi connectivity index (χ1n) is 17.2. The van der Waals surface area contributed by atoms with Gasteiger partial charge in [0.2, 0.25) is 11.8 Å². The largest absolute Gasteiger partial charge is 0.444 e. The summed E-state index contributed by atoms with van der Waals surface area (Å²) in [6.45, 7) is 1.76. The summed E-state index contributed by atoms with van der Waals surface area (Å²) in [5, 5.41) is 10.7. The van der Waals surface area contributed by atoms with E-state index in [-0.39, 0.29) is 47.5 Å². The Labute approximate surface area is 314 Å². The number of anilines is 4. The van der Waals surface area contributed by atoms with Crippen molar-refractivity contribution in [3.8, 4) is 17.1 Å². The van der Waals surface area contributed by atoms with Crippen molar-refractivity contribution in [2.24, 2.45) is 0 Å². The Morgan fingerprint density at radius 1 is 0.946 bits per heavy atom. The molecule has 0 unspecified atom stereocenters. The molecule has 5 heterocycles. The van der Waals surface area contributed by atoms with Crippen LogP contribution in [0.1, 0.15) is 34.6 Å². The van der Waals surface area contributed by atoms with Gasteiger partial charge >= 0.3 is 12.2 Å². The van der Waals surface area contributed by atoms with Gasteiger partial charge in [0.1, 0.15) is 24.4 Å². The highest BCUT2D eigenvalue weighted by molar-refractivity contribution is 6.05. The van der Waals surface area contributed by atoms with E-state index in [1.165, 1.54) is 40.2 Å². The molecule has 0 aliphatic carbocycles. The molecule has 2 saturated heterocycles. The van der Waals surface area contributed by atoms with Gasteiger partial charge in [-0.3, -0.25) is 24.7 Å². The molecule has 2 aliphatic rings. The van der Waals surface area contributed by atoms with Crippen molar-refractivity contribution < 1.29 is 45.1 Å². The molecule has 20 heteroatoms. The van der Waals surface area contributed by atoms with Crippen molar-refractivity contribution >= 4 is 40.7 Å². The predicted molar refractivity (Wildman–Crippen MR) is 190 cm³/mol. The first-order chi connectivity index (χ1) is 26.8. The number of nitrogens with zero attached hydrogens (tertiary/aromatic N) is 7. The molecule has 2 aliphatic heterocycles. The van der Waals surface area contributed by atoms with E-state index in [0.29, 0.717) is 49.7 Å². The monoisotopic (exact) mass is 782 g/mol. The highest BCUT2D eigenvalue weighted by atomic mass is 19.4. The lowest BCUT2D eigenvalue weighted by Crippen LogP contribution is -2.49. The van der Waals surface area contributed by atoms with Crippen molar-refractivity contribution in [3.05, 3.63) is 96.0 Å². The zero-order chi connectivity index (χ0) is 39.6. The molecule has 0 radical (unpaired) electrons. The Morgan fingerprint density at radius 3 is 2.38 bits per heavy atom. The molecule has 2 aromatic carbocycles. The summed E-state index contributed by atoms with van der Waals surface area (Å²) in [5.41, 5.74) is 1.16. The van der Waals surface area contributed by atoms with E-state index in [1.807, 2.05) is 12.1 Å². The number of hydrogen-bond donors (Lipinski definition) is 3. The summed E-state index contributed by atoms with van der Waals surface area (Å²) in [6, 6.07) is 13.7. The Bertz CT molecular complexity index is 2240. The number of carbonyl (C=O) groups is 3. The fraction of sp³-hybridized carbons (Fsp3) is 0.278. The molecule has 7 rings (SSSR count). The minimum Gasteiger partial charge on any atom is -0.444 e. The zero-order valence-electron chi connectivity index (χ0n) is 29.2. The van der Waals surface area contributed by atoms with Crippen molar-refractivity contribution in [2.75, 3.05) is 59.7 Å². The number of alkyl halides is 5. The average molecular weight is 783 g/mol. The molecule has 0 saturated carbocycles. The molecule has 0 bridgehead atoms. The first-order valence-corrected chi connectivity index (χ1v) is 17.2. The van der Waals surface area contributed by atoms with Crippen LogP contribution in [-0.2, 0) is 11.3 Å². The standard InChI is InChI=1S/C36H32F6N10O4/c37-26-16-25(51-10-8-30(53)47-35(51)55)2-1-22(26)17-49-11-13-50(14-12-49)23-3-5-24(6-4-23)52-18-27(31(48-52)32(38)39)45-33(54)28-19-56-34(46-28)21-7-9-43-29(15-21)44-20-36(40,41)42/h1-7,9,15-16,18-19,32H,8,10-14,17,20H2,(H,43,44)(H,45,54)(H,47,53,55). The van der Waals surface area contributed by atoms with Gasteiger partial charge in [0.15, 0.2) is 11.4 Å². The highest BCUT2D eigenvalue weighted by Crippen LogP contribution is 2.30. The summed E-state index contributed by atoms with van der Waals surface area (Å²) >= 11 is 0. The van der Waals surface area contributed by atoms with Crippen LogP contribution in [0.4, 0.5) is 54.0 Å². The van der Waals surface area contributed by atoms with Gasteiger partial charge in [-0.15, -0.1) is 0 Å². The second-order valence-corrected chi connectivity index (χ2v) is 12.9. The topological polar surface area (TPSA) is 154 Å². The maximum atomic E-state index is 15.0. The fourth-order valence-electron chi connectivity index (χ4n) is 6.19. The third-order valence-corrected chi connectivity index (χ3v) is 9.06. The van der Waals surface area contributed by atoms with E-state index in [4.69, 9.17) is 4.42 Å². The maximum absolute atomic E-state index is 15.0. The number of imide groups is 1. The first kappa shape index (κ1) is 37.9. The normalized spacial score (nSPS) is 15.3. The van der Waals surface area contributed by atoms with Crippen molar-refractivity contribution in [1.29, 1.82) is 0 Å². The smallest absolute Gasteiger partial charge is 0.405 e. The molecule has 5 aromatic rings. The predicted octanol–water partition coefficient (Wildman–Crippen LogP) is 5.99. The molecule has 2 fully saturated rings. The van der Waals surface area contributed by atoms with Crippen molar-refractivity contribution in [2.45, 2.75) is 25.6 Å². The number of pyridine rings is 1. The van der Waals surface area contributed by atoms with E-state index < -0.39 is 42.6 Å². The molecule has 3 aromatic heterocycles. The van der Waals surface area contributed by atoms with Crippen molar-refractivity contribution in [3.63, 3.8) is 0 Å². The number of urea groups is 1. The summed E-state index contributed by atoms with van der Waals surface area (Å²) in [7, 11) is 0. The lowest BCUT2D eigenvalue weighted by molar-refractivity contribution is -0.120. The van der Waals surface area contributed by atoms with Gasteiger partial charge in [-0.25, -0.2) is 32.6 Å². The van der Waals surface area contributed by atoms with Crippen LogP contribution >= 0.6 is 0 Å². The number of nitrogens with one attached hydrogen (secondary N) is 3. The van der Waals surface area contributed by atoms with Crippen LogP contribution < -0.4 is 25.8 Å². The van der Waals surface area contributed by atoms with Gasteiger partial charge in [-0.1, -0.05) is 6.07 Å². The fourth-order valence-corrected chi connectivity index (χ4v) is 6.19. The number of amides is 4. The minimum atomic E-state index is -4.47. The Morgan fingerprint density at radius 2 is 1.68 bits per heavy atom. The Hall–Kier alpha value is -6.44. The summed E-state index contributed by atoms with van der Waals surface area (Å²) in [5.74, 6) is -1.91. The van der Waals surface area contributed by atoms with Gasteiger partial charge in [-0.2, -0.15) is 18.3 Å². The lowest BCUT2D eigenvalue weighted by atomic mass is 10.1. The summed E-state index contributed by atoms with van der Waals surface area (Å²) in [6.07, 6.45) is -3.92.